The maximum absolute atomic E-state index is 12.4. The molecule has 4 heterocycles. The summed E-state index contributed by atoms with van der Waals surface area (Å²) in [6.07, 6.45) is 6.16. The molecule has 0 aromatic carbocycles. The van der Waals surface area contributed by atoms with Crippen LogP contribution in [0.25, 0.3) is 5.82 Å². The zero-order valence-corrected chi connectivity index (χ0v) is 13.3. The van der Waals surface area contributed by atoms with Gasteiger partial charge in [-0.25, -0.2) is 9.67 Å². The van der Waals surface area contributed by atoms with Crippen LogP contribution in [-0.2, 0) is 4.79 Å². The Bertz CT molecular complexity index is 816. The fourth-order valence-corrected chi connectivity index (χ4v) is 2.84. The van der Waals surface area contributed by atoms with E-state index in [0.717, 1.165) is 25.2 Å². The molecular formula is C15H16N8O2. The Hall–Kier alpha value is -3.30. The molecule has 0 spiro atoms. The van der Waals surface area contributed by atoms with E-state index in [-0.39, 0.29) is 11.8 Å². The van der Waals surface area contributed by atoms with Crippen molar-refractivity contribution in [1.82, 2.24) is 30.1 Å². The van der Waals surface area contributed by atoms with Gasteiger partial charge in [-0.1, -0.05) is 5.16 Å². The minimum atomic E-state index is -0.137. The molecule has 0 saturated carbocycles. The van der Waals surface area contributed by atoms with Crippen molar-refractivity contribution in [3.63, 3.8) is 0 Å². The minimum Gasteiger partial charge on any atom is -0.363 e. The van der Waals surface area contributed by atoms with Gasteiger partial charge in [-0.3, -0.25) is 4.79 Å². The summed E-state index contributed by atoms with van der Waals surface area (Å²) < 4.78 is 6.27. The molecule has 0 bridgehead atoms. The zero-order chi connectivity index (χ0) is 17.1. The van der Waals surface area contributed by atoms with Gasteiger partial charge in [-0.2, -0.15) is 5.10 Å². The normalized spacial score (nSPS) is 17.4. The largest absolute Gasteiger partial charge is 0.363 e. The summed E-state index contributed by atoms with van der Waals surface area (Å²) >= 11 is 0. The lowest BCUT2D eigenvalue weighted by Gasteiger charge is -2.32. The van der Waals surface area contributed by atoms with Crippen LogP contribution >= 0.6 is 0 Å². The van der Waals surface area contributed by atoms with E-state index in [1.165, 1.54) is 12.6 Å². The number of nitrogens with zero attached hydrogens (tertiary/aromatic N) is 7. The number of anilines is 2. The van der Waals surface area contributed by atoms with Crippen molar-refractivity contribution in [1.29, 1.82) is 0 Å². The number of amides is 1. The maximum Gasteiger partial charge on any atom is 0.230 e. The van der Waals surface area contributed by atoms with Crippen molar-refractivity contribution >= 4 is 17.5 Å². The highest BCUT2D eigenvalue weighted by Gasteiger charge is 2.27. The van der Waals surface area contributed by atoms with Crippen molar-refractivity contribution in [2.75, 3.05) is 23.3 Å². The van der Waals surface area contributed by atoms with E-state index in [4.69, 9.17) is 4.52 Å². The number of nitrogens with one attached hydrogen (secondary N) is 1. The molecule has 10 heteroatoms. The molecule has 1 amide bonds. The van der Waals surface area contributed by atoms with Gasteiger partial charge in [-0.05, 0) is 25.0 Å². The van der Waals surface area contributed by atoms with E-state index in [9.17, 15) is 4.79 Å². The first-order valence-corrected chi connectivity index (χ1v) is 7.94. The van der Waals surface area contributed by atoms with Crippen molar-refractivity contribution in [3.8, 4) is 5.82 Å². The Balaban J connectivity index is 1.43. The molecule has 4 rings (SSSR count). The number of piperidine rings is 1. The highest BCUT2D eigenvalue weighted by atomic mass is 16.5. The lowest BCUT2D eigenvalue weighted by Crippen LogP contribution is -2.41. The molecule has 128 valence electrons. The molecule has 1 aliphatic rings. The lowest BCUT2D eigenvalue weighted by molar-refractivity contribution is -0.120. The van der Waals surface area contributed by atoms with Crippen LogP contribution in [-0.4, -0.2) is 49.1 Å². The Morgan fingerprint density at radius 1 is 1.24 bits per heavy atom. The predicted octanol–water partition coefficient (Wildman–Crippen LogP) is 0.900. The van der Waals surface area contributed by atoms with Gasteiger partial charge in [-0.15, -0.1) is 10.2 Å². The first-order chi connectivity index (χ1) is 12.3. The van der Waals surface area contributed by atoms with Crippen LogP contribution in [0.3, 0.4) is 0 Å². The number of aromatic nitrogens is 6. The topological polar surface area (TPSA) is 115 Å². The predicted molar refractivity (Wildman–Crippen MR) is 87.0 cm³/mol. The van der Waals surface area contributed by atoms with E-state index in [1.807, 2.05) is 12.1 Å². The van der Waals surface area contributed by atoms with Gasteiger partial charge in [0.2, 0.25) is 5.91 Å². The molecule has 1 saturated heterocycles. The summed E-state index contributed by atoms with van der Waals surface area (Å²) in [4.78, 5) is 18.3. The number of hydrogen-bond acceptors (Lipinski definition) is 8. The van der Waals surface area contributed by atoms with Gasteiger partial charge >= 0.3 is 0 Å². The SMILES string of the molecule is O=C(Nc1ccon1)[C@H]1CCCN(c2ccc(-n3cncn3)nn2)C1. The van der Waals surface area contributed by atoms with E-state index in [1.54, 1.807) is 17.1 Å². The maximum atomic E-state index is 12.4. The fourth-order valence-electron chi connectivity index (χ4n) is 2.84. The van der Waals surface area contributed by atoms with Crippen LogP contribution in [0.4, 0.5) is 11.6 Å². The second kappa shape index (κ2) is 6.67. The third-order valence-electron chi connectivity index (χ3n) is 4.10. The lowest BCUT2D eigenvalue weighted by atomic mass is 9.97. The number of hydrogen-bond donors (Lipinski definition) is 1. The molecule has 25 heavy (non-hydrogen) atoms. The van der Waals surface area contributed by atoms with Crippen molar-refractivity contribution in [3.05, 3.63) is 37.1 Å². The Kier molecular flexibility index (Phi) is 4.07. The average Bonchev–Trinajstić information content (AvgIpc) is 3.36. The standard InChI is InChI=1S/C15H16N8O2/c24-15(18-12-5-7-25-21-12)11-2-1-6-22(8-11)13-3-4-14(20-19-13)23-10-16-9-17-23/h3-5,7,9-11H,1-2,6,8H2,(H,18,21,24)/t11-/m0/s1. The van der Waals surface area contributed by atoms with E-state index >= 15 is 0 Å². The number of carbonyl (C=O) groups is 1. The number of rotatable bonds is 4. The van der Waals surface area contributed by atoms with E-state index in [2.05, 4.69) is 35.7 Å². The van der Waals surface area contributed by atoms with Crippen LogP contribution in [0.5, 0.6) is 0 Å². The van der Waals surface area contributed by atoms with Gasteiger partial charge in [0, 0.05) is 19.2 Å². The van der Waals surface area contributed by atoms with Gasteiger partial charge < -0.3 is 14.7 Å². The summed E-state index contributed by atoms with van der Waals surface area (Å²) in [6.45, 7) is 1.42. The molecule has 0 aliphatic carbocycles. The highest BCUT2D eigenvalue weighted by molar-refractivity contribution is 5.92. The molecule has 1 aliphatic heterocycles. The van der Waals surface area contributed by atoms with Gasteiger partial charge in [0.25, 0.3) is 0 Å². The van der Waals surface area contributed by atoms with Gasteiger partial charge in [0.15, 0.2) is 17.5 Å². The number of carbonyl (C=O) groups excluding carboxylic acids is 1. The van der Waals surface area contributed by atoms with Crippen LogP contribution in [0, 0.1) is 5.92 Å². The highest BCUT2D eigenvalue weighted by Crippen LogP contribution is 2.22. The molecule has 3 aromatic rings. The summed E-state index contributed by atoms with van der Waals surface area (Å²) in [5, 5.41) is 18.9. The molecule has 0 radical (unpaired) electrons. The third-order valence-corrected chi connectivity index (χ3v) is 4.10. The molecule has 3 aromatic heterocycles. The second-order valence-corrected chi connectivity index (χ2v) is 5.75. The molecule has 0 unspecified atom stereocenters. The second-order valence-electron chi connectivity index (χ2n) is 5.75. The Labute approximate surface area is 142 Å². The summed E-state index contributed by atoms with van der Waals surface area (Å²) in [7, 11) is 0. The Morgan fingerprint density at radius 3 is 2.84 bits per heavy atom. The van der Waals surface area contributed by atoms with Crippen molar-refractivity contribution in [2.24, 2.45) is 5.92 Å². The van der Waals surface area contributed by atoms with Crippen LogP contribution in [0.2, 0.25) is 0 Å². The molecular weight excluding hydrogens is 324 g/mol. The van der Waals surface area contributed by atoms with Crippen molar-refractivity contribution < 1.29 is 9.32 Å². The smallest absolute Gasteiger partial charge is 0.230 e. The molecule has 1 N–H and O–H groups in total. The van der Waals surface area contributed by atoms with Gasteiger partial charge in [0.05, 0.1) is 5.92 Å². The van der Waals surface area contributed by atoms with Crippen LogP contribution in [0.1, 0.15) is 12.8 Å². The minimum absolute atomic E-state index is 0.0641. The molecule has 10 nitrogen and oxygen atoms in total. The summed E-state index contributed by atoms with van der Waals surface area (Å²) in [5.74, 6) is 1.56. The van der Waals surface area contributed by atoms with E-state index in [0.29, 0.717) is 18.2 Å². The van der Waals surface area contributed by atoms with Crippen LogP contribution in [0.15, 0.2) is 41.6 Å². The average molecular weight is 340 g/mol. The molecule has 1 atom stereocenters. The monoisotopic (exact) mass is 340 g/mol. The third kappa shape index (κ3) is 3.32. The van der Waals surface area contributed by atoms with Crippen molar-refractivity contribution in [2.45, 2.75) is 12.8 Å². The first-order valence-electron chi connectivity index (χ1n) is 7.94. The Morgan fingerprint density at radius 2 is 2.12 bits per heavy atom. The zero-order valence-electron chi connectivity index (χ0n) is 13.3. The van der Waals surface area contributed by atoms with Crippen LogP contribution < -0.4 is 10.2 Å². The molecule has 1 fully saturated rings. The summed E-state index contributed by atoms with van der Waals surface area (Å²) in [6, 6.07) is 5.32. The first kappa shape index (κ1) is 15.2. The summed E-state index contributed by atoms with van der Waals surface area (Å²) in [5.41, 5.74) is 0. The van der Waals surface area contributed by atoms with E-state index < -0.39 is 0 Å². The fraction of sp³-hybridized carbons (Fsp3) is 0.333. The quantitative estimate of drug-likeness (QED) is 0.745. The van der Waals surface area contributed by atoms with Gasteiger partial charge in [0.1, 0.15) is 18.9 Å².